The quantitative estimate of drug-likeness (QED) is 0.638. The van der Waals surface area contributed by atoms with Gasteiger partial charge in [0, 0.05) is 25.6 Å². The molecule has 1 aliphatic heterocycles. The summed E-state index contributed by atoms with van der Waals surface area (Å²) in [5, 5.41) is 4.97. The number of amides is 1. The molecule has 1 aromatic carbocycles. The van der Waals surface area contributed by atoms with Crippen molar-refractivity contribution < 1.29 is 9.18 Å². The molecule has 0 unspecified atom stereocenters. The zero-order valence-corrected chi connectivity index (χ0v) is 18.0. The minimum absolute atomic E-state index is 0.0112. The molecule has 1 saturated carbocycles. The van der Waals surface area contributed by atoms with Crippen LogP contribution >= 0.6 is 11.3 Å². The number of hydrogen-bond acceptors (Lipinski definition) is 5. The molecule has 0 atom stereocenters. The van der Waals surface area contributed by atoms with Gasteiger partial charge in [0.1, 0.15) is 10.5 Å². The lowest BCUT2D eigenvalue weighted by atomic mass is 9.96. The van der Waals surface area contributed by atoms with Crippen LogP contribution in [0.2, 0.25) is 0 Å². The second-order valence-corrected chi connectivity index (χ2v) is 9.43. The number of carbonyl (C=O) groups is 1. The lowest BCUT2D eigenvalue weighted by Crippen LogP contribution is -2.43. The van der Waals surface area contributed by atoms with E-state index in [-0.39, 0.29) is 23.2 Å². The Morgan fingerprint density at radius 1 is 1.13 bits per heavy atom. The Balaban J connectivity index is 1.37. The molecule has 2 fully saturated rings. The third-order valence-corrected chi connectivity index (χ3v) is 7.10. The Bertz CT molecular complexity index is 1140. The van der Waals surface area contributed by atoms with Crippen LogP contribution in [-0.2, 0) is 11.3 Å². The molecule has 0 radical (unpaired) electrons. The number of rotatable bonds is 6. The van der Waals surface area contributed by atoms with Gasteiger partial charge in [-0.15, -0.1) is 11.3 Å². The third-order valence-electron chi connectivity index (χ3n) is 6.21. The molecule has 2 aromatic heterocycles. The minimum Gasteiger partial charge on any atom is -0.356 e. The van der Waals surface area contributed by atoms with Crippen LogP contribution < -0.4 is 15.8 Å². The lowest BCUT2D eigenvalue weighted by molar-refractivity contribution is -0.125. The summed E-state index contributed by atoms with van der Waals surface area (Å²) in [4.78, 5) is 32.6. The summed E-state index contributed by atoms with van der Waals surface area (Å²) >= 11 is 1.39. The Kier molecular flexibility index (Phi) is 5.48. The molecular weight excluding hydrogens is 415 g/mol. The number of aromatic nitrogens is 2. The molecule has 1 amide bonds. The van der Waals surface area contributed by atoms with Crippen LogP contribution in [0.15, 0.2) is 40.5 Å². The molecule has 162 valence electrons. The lowest BCUT2D eigenvalue weighted by Gasteiger charge is -2.33. The van der Waals surface area contributed by atoms with Crippen molar-refractivity contribution in [3.8, 4) is 0 Å². The van der Waals surface area contributed by atoms with Crippen LogP contribution in [0.5, 0.6) is 0 Å². The predicted octanol–water partition coefficient (Wildman–Crippen LogP) is 3.39. The van der Waals surface area contributed by atoms with Crippen molar-refractivity contribution in [2.75, 3.05) is 24.5 Å². The molecule has 1 aliphatic carbocycles. The van der Waals surface area contributed by atoms with Gasteiger partial charge in [0.2, 0.25) is 11.9 Å². The average molecular weight is 441 g/mol. The van der Waals surface area contributed by atoms with E-state index in [4.69, 9.17) is 4.98 Å². The largest absolute Gasteiger partial charge is 0.356 e. The van der Waals surface area contributed by atoms with Crippen molar-refractivity contribution in [1.82, 2.24) is 14.9 Å². The van der Waals surface area contributed by atoms with Gasteiger partial charge in [-0.25, -0.2) is 9.37 Å². The third kappa shape index (κ3) is 4.35. The fourth-order valence-corrected chi connectivity index (χ4v) is 4.92. The molecule has 5 rings (SSSR count). The van der Waals surface area contributed by atoms with Gasteiger partial charge in [0.15, 0.2) is 0 Å². The van der Waals surface area contributed by atoms with E-state index in [2.05, 4.69) is 10.2 Å². The fourth-order valence-electron chi connectivity index (χ4n) is 4.14. The number of fused-ring (bicyclic) bond motifs is 1. The summed E-state index contributed by atoms with van der Waals surface area (Å²) in [6, 6.07) is 8.07. The predicted molar refractivity (Wildman–Crippen MR) is 120 cm³/mol. The van der Waals surface area contributed by atoms with E-state index in [9.17, 15) is 14.0 Å². The molecule has 3 heterocycles. The second kappa shape index (κ2) is 8.42. The van der Waals surface area contributed by atoms with Crippen molar-refractivity contribution in [2.45, 2.75) is 32.2 Å². The van der Waals surface area contributed by atoms with Crippen LogP contribution in [0.25, 0.3) is 10.2 Å². The number of halogens is 1. The van der Waals surface area contributed by atoms with Gasteiger partial charge in [0.25, 0.3) is 5.56 Å². The smallest absolute Gasteiger partial charge is 0.273 e. The summed E-state index contributed by atoms with van der Waals surface area (Å²) in [5.74, 6) is 1.15. The Morgan fingerprint density at radius 3 is 2.58 bits per heavy atom. The molecular formula is C23H25FN4O2S. The van der Waals surface area contributed by atoms with Gasteiger partial charge in [-0.1, -0.05) is 12.1 Å². The van der Waals surface area contributed by atoms with E-state index in [1.807, 2.05) is 11.4 Å². The van der Waals surface area contributed by atoms with Crippen molar-refractivity contribution in [2.24, 2.45) is 11.8 Å². The van der Waals surface area contributed by atoms with Crippen LogP contribution in [0, 0.1) is 17.7 Å². The van der Waals surface area contributed by atoms with E-state index in [1.165, 1.54) is 36.3 Å². The monoisotopic (exact) mass is 440 g/mol. The summed E-state index contributed by atoms with van der Waals surface area (Å²) in [5.41, 5.74) is 1.46. The molecule has 1 saturated heterocycles. The van der Waals surface area contributed by atoms with Gasteiger partial charge in [-0.2, -0.15) is 0 Å². The second-order valence-electron chi connectivity index (χ2n) is 8.51. The zero-order valence-electron chi connectivity index (χ0n) is 17.2. The van der Waals surface area contributed by atoms with Crippen LogP contribution in [0.3, 0.4) is 0 Å². The summed E-state index contributed by atoms with van der Waals surface area (Å²) in [6.07, 6.45) is 3.93. The Hall–Kier alpha value is -2.74. The summed E-state index contributed by atoms with van der Waals surface area (Å²) in [6.45, 7) is 2.48. The Labute approximate surface area is 183 Å². The van der Waals surface area contributed by atoms with E-state index >= 15 is 0 Å². The van der Waals surface area contributed by atoms with Gasteiger partial charge in [-0.3, -0.25) is 14.2 Å². The number of carbonyl (C=O) groups excluding carboxylic acids is 1. The number of benzene rings is 1. The molecule has 0 spiro atoms. The molecule has 2 aliphatic rings. The number of hydrogen-bond donors (Lipinski definition) is 1. The molecule has 1 N–H and O–H groups in total. The highest BCUT2D eigenvalue weighted by Gasteiger charge is 2.29. The minimum atomic E-state index is -0.301. The summed E-state index contributed by atoms with van der Waals surface area (Å²) < 4.78 is 15.6. The van der Waals surface area contributed by atoms with Crippen LogP contribution in [-0.4, -0.2) is 35.1 Å². The maximum atomic E-state index is 13.3. The normalized spacial score (nSPS) is 17.3. The Morgan fingerprint density at radius 2 is 1.87 bits per heavy atom. The first-order valence-electron chi connectivity index (χ1n) is 10.8. The zero-order chi connectivity index (χ0) is 21.4. The van der Waals surface area contributed by atoms with Gasteiger partial charge >= 0.3 is 0 Å². The van der Waals surface area contributed by atoms with Crippen LogP contribution in [0.4, 0.5) is 10.3 Å². The number of piperidine rings is 1. The fraction of sp³-hybridized carbons (Fsp3) is 0.435. The highest BCUT2D eigenvalue weighted by molar-refractivity contribution is 7.17. The van der Waals surface area contributed by atoms with E-state index in [1.54, 1.807) is 16.7 Å². The topological polar surface area (TPSA) is 67.2 Å². The molecule has 3 aromatic rings. The van der Waals surface area contributed by atoms with E-state index in [0.717, 1.165) is 24.9 Å². The first kappa shape index (κ1) is 20.2. The average Bonchev–Trinajstić information content (AvgIpc) is 3.50. The van der Waals surface area contributed by atoms with Crippen LogP contribution in [0.1, 0.15) is 31.2 Å². The summed E-state index contributed by atoms with van der Waals surface area (Å²) in [7, 11) is 0. The number of thiophene rings is 1. The van der Waals surface area contributed by atoms with Crippen molar-refractivity contribution in [1.29, 1.82) is 0 Å². The first-order chi connectivity index (χ1) is 15.1. The van der Waals surface area contributed by atoms with Crippen molar-refractivity contribution in [3.63, 3.8) is 0 Å². The standard InChI is InChI=1S/C23H25FN4O2S/c24-18-5-3-16(4-6-18)14-28-22(30)20-19(9-12-31-20)26-23(28)27-10-7-17(8-11-27)21(29)25-13-15-1-2-15/h3-6,9,12,15,17H,1-2,7-8,10-11,13-14H2,(H,25,29). The highest BCUT2D eigenvalue weighted by atomic mass is 32.1. The van der Waals surface area contributed by atoms with Gasteiger partial charge in [0.05, 0.1) is 12.1 Å². The molecule has 0 bridgehead atoms. The number of nitrogens with one attached hydrogen (secondary N) is 1. The maximum absolute atomic E-state index is 13.3. The number of anilines is 1. The van der Waals surface area contributed by atoms with Crippen molar-refractivity contribution >= 4 is 33.4 Å². The SMILES string of the molecule is O=C(NCC1CC1)C1CCN(c2nc3ccsc3c(=O)n2Cc2ccc(F)cc2)CC1. The molecule has 6 nitrogen and oxygen atoms in total. The van der Waals surface area contributed by atoms with Gasteiger partial charge < -0.3 is 10.2 Å². The maximum Gasteiger partial charge on any atom is 0.273 e. The first-order valence-corrected chi connectivity index (χ1v) is 11.7. The van der Waals surface area contributed by atoms with Crippen molar-refractivity contribution in [3.05, 3.63) is 57.4 Å². The van der Waals surface area contributed by atoms with E-state index in [0.29, 0.717) is 41.7 Å². The van der Waals surface area contributed by atoms with Gasteiger partial charge in [-0.05, 0) is 60.7 Å². The highest BCUT2D eigenvalue weighted by Crippen LogP contribution is 2.28. The molecule has 8 heteroatoms. The molecule has 31 heavy (non-hydrogen) atoms. The van der Waals surface area contributed by atoms with E-state index < -0.39 is 0 Å². The number of nitrogens with zero attached hydrogens (tertiary/aromatic N) is 3.